The molecule has 4 rings (SSSR count). The molecule has 1 aromatic heterocycles. The van der Waals surface area contributed by atoms with Gasteiger partial charge < -0.3 is 9.47 Å². The van der Waals surface area contributed by atoms with Crippen LogP contribution in [0.5, 0.6) is 5.75 Å². The van der Waals surface area contributed by atoms with Gasteiger partial charge in [-0.05, 0) is 55.7 Å². The first-order valence-electron chi connectivity index (χ1n) is 11.1. The van der Waals surface area contributed by atoms with Gasteiger partial charge in [-0.15, -0.1) is 11.8 Å². The van der Waals surface area contributed by atoms with Gasteiger partial charge >= 0.3 is 0 Å². The van der Waals surface area contributed by atoms with Gasteiger partial charge in [-0.25, -0.2) is 9.37 Å². The van der Waals surface area contributed by atoms with Crippen LogP contribution in [-0.2, 0) is 10.5 Å². The number of ketones is 1. The summed E-state index contributed by atoms with van der Waals surface area (Å²) in [6, 6.07) is 14.5. The fraction of sp³-hybridized carbons (Fsp3) is 0.296. The van der Waals surface area contributed by atoms with Gasteiger partial charge in [0.2, 0.25) is 0 Å². The maximum Gasteiger partial charge on any atom is 0.165 e. The summed E-state index contributed by atoms with van der Waals surface area (Å²) < 4.78 is 26.0. The Balaban J connectivity index is 1.65. The van der Waals surface area contributed by atoms with Crippen molar-refractivity contribution in [3.05, 3.63) is 76.2 Å². The van der Waals surface area contributed by atoms with Crippen molar-refractivity contribution in [2.24, 2.45) is 0 Å². The number of nitriles is 1. The van der Waals surface area contributed by atoms with Crippen LogP contribution in [0.4, 0.5) is 4.39 Å². The Kier molecular flexibility index (Phi) is 7.30. The van der Waals surface area contributed by atoms with Gasteiger partial charge in [0.15, 0.2) is 17.3 Å². The smallest absolute Gasteiger partial charge is 0.165 e. The zero-order valence-electron chi connectivity index (χ0n) is 19.4. The first-order valence-corrected chi connectivity index (χ1v) is 12.0. The zero-order valence-corrected chi connectivity index (χ0v) is 20.2. The maximum absolute atomic E-state index is 14.9. The minimum absolute atomic E-state index is 0.00562. The summed E-state index contributed by atoms with van der Waals surface area (Å²) in [4.78, 5) is 16.3. The number of halogens is 1. The van der Waals surface area contributed by atoms with Crippen LogP contribution < -0.4 is 4.74 Å². The number of benzene rings is 2. The second-order valence-electron chi connectivity index (χ2n) is 8.28. The van der Waals surface area contributed by atoms with E-state index in [-0.39, 0.29) is 17.6 Å². The van der Waals surface area contributed by atoms with Gasteiger partial charge in [0.1, 0.15) is 17.2 Å². The molecule has 34 heavy (non-hydrogen) atoms. The number of Topliss-reactive ketones (excluding diaryl/α,β-unsaturated/α-hetero) is 1. The third-order valence-electron chi connectivity index (χ3n) is 5.87. The van der Waals surface area contributed by atoms with Gasteiger partial charge in [0.05, 0.1) is 18.8 Å². The molecule has 1 aliphatic heterocycles. The van der Waals surface area contributed by atoms with E-state index in [1.807, 2.05) is 32.0 Å². The summed E-state index contributed by atoms with van der Waals surface area (Å²) >= 11 is 1.43. The first-order chi connectivity index (χ1) is 16.4. The van der Waals surface area contributed by atoms with Crippen LogP contribution in [0.3, 0.4) is 0 Å². The predicted octanol–water partition coefficient (Wildman–Crippen LogP) is 6.04. The molecule has 1 fully saturated rings. The SMILES string of the molecule is CC(=O)c1cccc(CSc2nc(C)c(C)c(-c3ccc(OC4CCOC4)c(F)c3)c2C#N)c1. The lowest BCUT2D eigenvalue weighted by molar-refractivity contribution is 0.101. The summed E-state index contributed by atoms with van der Waals surface area (Å²) in [5.41, 5.74) is 4.90. The molecule has 0 bridgehead atoms. The highest BCUT2D eigenvalue weighted by Gasteiger charge is 2.21. The van der Waals surface area contributed by atoms with Crippen molar-refractivity contribution < 1.29 is 18.7 Å². The normalized spacial score (nSPS) is 15.2. The highest BCUT2D eigenvalue weighted by Crippen LogP contribution is 2.37. The number of carbonyl (C=O) groups excluding carboxylic acids is 1. The van der Waals surface area contributed by atoms with Crippen LogP contribution in [0, 0.1) is 31.0 Å². The van der Waals surface area contributed by atoms with Crippen LogP contribution in [0.25, 0.3) is 11.1 Å². The number of carbonyl (C=O) groups is 1. The van der Waals surface area contributed by atoms with Crippen molar-refractivity contribution >= 4 is 17.5 Å². The molecule has 7 heteroatoms. The third-order valence-corrected chi connectivity index (χ3v) is 6.92. The van der Waals surface area contributed by atoms with Crippen molar-refractivity contribution in [1.29, 1.82) is 5.26 Å². The molecule has 1 aliphatic rings. The molecule has 2 heterocycles. The molecule has 0 amide bonds. The highest BCUT2D eigenvalue weighted by molar-refractivity contribution is 7.98. The van der Waals surface area contributed by atoms with E-state index < -0.39 is 5.82 Å². The van der Waals surface area contributed by atoms with E-state index >= 15 is 0 Å². The summed E-state index contributed by atoms with van der Waals surface area (Å²) in [5.74, 6) is 0.264. The number of hydrogen-bond acceptors (Lipinski definition) is 6. The Hall–Kier alpha value is -3.21. The lowest BCUT2D eigenvalue weighted by atomic mass is 9.95. The minimum Gasteiger partial charge on any atom is -0.485 e. The fourth-order valence-electron chi connectivity index (χ4n) is 3.91. The van der Waals surface area contributed by atoms with E-state index in [4.69, 9.17) is 9.47 Å². The van der Waals surface area contributed by atoms with Crippen molar-refractivity contribution in [1.82, 2.24) is 4.98 Å². The zero-order chi connectivity index (χ0) is 24.2. The first kappa shape index (κ1) is 23.9. The molecule has 0 N–H and O–H groups in total. The Labute approximate surface area is 202 Å². The molecule has 174 valence electrons. The van der Waals surface area contributed by atoms with Crippen LogP contribution >= 0.6 is 11.8 Å². The number of thioether (sulfide) groups is 1. The van der Waals surface area contributed by atoms with Gasteiger partial charge in [-0.3, -0.25) is 4.79 Å². The molecule has 0 radical (unpaired) electrons. The van der Waals surface area contributed by atoms with E-state index in [0.717, 1.165) is 23.2 Å². The number of nitrogens with zero attached hydrogens (tertiary/aromatic N) is 2. The lowest BCUT2D eigenvalue weighted by Crippen LogP contribution is -2.16. The average Bonchev–Trinajstić information content (AvgIpc) is 3.34. The topological polar surface area (TPSA) is 72.2 Å². The monoisotopic (exact) mass is 476 g/mol. The van der Waals surface area contributed by atoms with Crippen LogP contribution in [0.15, 0.2) is 47.5 Å². The third kappa shape index (κ3) is 5.14. The molecule has 0 spiro atoms. The quantitative estimate of drug-likeness (QED) is 0.306. The predicted molar refractivity (Wildman–Crippen MR) is 130 cm³/mol. The van der Waals surface area contributed by atoms with Crippen LogP contribution in [-0.4, -0.2) is 30.1 Å². The van der Waals surface area contributed by atoms with Gasteiger partial charge in [0.25, 0.3) is 0 Å². The molecule has 3 aromatic rings. The molecule has 2 aromatic carbocycles. The van der Waals surface area contributed by atoms with Crippen molar-refractivity contribution in [3.8, 4) is 22.9 Å². The molecule has 0 saturated carbocycles. The second kappa shape index (κ2) is 10.4. The summed E-state index contributed by atoms with van der Waals surface area (Å²) in [6.45, 7) is 6.38. The van der Waals surface area contributed by atoms with E-state index in [9.17, 15) is 14.4 Å². The van der Waals surface area contributed by atoms with Crippen LogP contribution in [0.2, 0.25) is 0 Å². The average molecular weight is 477 g/mol. The molecular weight excluding hydrogens is 451 g/mol. The molecule has 1 saturated heterocycles. The number of hydrogen-bond donors (Lipinski definition) is 0. The van der Waals surface area contributed by atoms with Crippen molar-refractivity contribution in [2.75, 3.05) is 13.2 Å². The van der Waals surface area contributed by atoms with Crippen molar-refractivity contribution in [3.63, 3.8) is 0 Å². The second-order valence-corrected chi connectivity index (χ2v) is 9.25. The number of aromatic nitrogens is 1. The maximum atomic E-state index is 14.9. The van der Waals surface area contributed by atoms with E-state index in [1.165, 1.54) is 24.8 Å². The van der Waals surface area contributed by atoms with E-state index in [0.29, 0.717) is 46.2 Å². The van der Waals surface area contributed by atoms with Crippen molar-refractivity contribution in [2.45, 2.75) is 44.1 Å². The molecular formula is C27H25FN2O3S. The lowest BCUT2D eigenvalue weighted by Gasteiger charge is -2.17. The molecule has 1 unspecified atom stereocenters. The van der Waals surface area contributed by atoms with E-state index in [2.05, 4.69) is 11.1 Å². The van der Waals surface area contributed by atoms with Gasteiger partial charge in [0, 0.05) is 29.0 Å². The minimum atomic E-state index is -0.475. The molecule has 1 atom stereocenters. The van der Waals surface area contributed by atoms with E-state index in [1.54, 1.807) is 18.2 Å². The Bertz CT molecular complexity index is 1280. The molecule has 0 aliphatic carbocycles. The van der Waals surface area contributed by atoms with Gasteiger partial charge in [-0.2, -0.15) is 5.26 Å². The Morgan fingerprint density at radius 3 is 2.79 bits per heavy atom. The van der Waals surface area contributed by atoms with Gasteiger partial charge in [-0.1, -0.05) is 24.3 Å². The summed E-state index contributed by atoms with van der Waals surface area (Å²) in [7, 11) is 0. The number of aryl methyl sites for hydroxylation is 1. The summed E-state index contributed by atoms with van der Waals surface area (Å²) in [6.07, 6.45) is 0.586. The molecule has 5 nitrogen and oxygen atoms in total. The Morgan fingerprint density at radius 2 is 2.12 bits per heavy atom. The number of rotatable bonds is 7. The van der Waals surface area contributed by atoms with Crippen LogP contribution in [0.1, 0.15) is 46.1 Å². The number of ether oxygens (including phenoxy) is 2. The highest BCUT2D eigenvalue weighted by atomic mass is 32.2. The number of pyridine rings is 1. The summed E-state index contributed by atoms with van der Waals surface area (Å²) in [5, 5.41) is 10.6. The standard InChI is InChI=1S/C27H25FN2O3S/c1-16-17(2)30-27(34-15-19-5-4-6-20(11-19)18(3)31)23(13-29)26(16)21-7-8-25(24(28)12-21)33-22-9-10-32-14-22/h4-8,11-12,22H,9-10,14-15H2,1-3H3. The Morgan fingerprint density at radius 1 is 1.29 bits per heavy atom. The fourth-order valence-corrected chi connectivity index (χ4v) is 4.88. The largest absolute Gasteiger partial charge is 0.485 e.